The van der Waals surface area contributed by atoms with E-state index in [0.29, 0.717) is 12.1 Å². The maximum Gasteiger partial charge on any atom is 0.211 e. The Labute approximate surface area is 87.1 Å². The first-order chi connectivity index (χ1) is 7.22. The summed E-state index contributed by atoms with van der Waals surface area (Å²) in [7, 11) is 0. The van der Waals surface area contributed by atoms with Gasteiger partial charge in [-0.05, 0) is 19.9 Å². The maximum atomic E-state index is 10.3. The fraction of sp³-hybridized carbons (Fsp3) is 0.300. The summed E-state index contributed by atoms with van der Waals surface area (Å²) in [4.78, 5) is 14.5. The number of anilines is 1. The normalized spacial score (nSPS) is 10.9. The number of amides is 1. The van der Waals surface area contributed by atoms with Gasteiger partial charge >= 0.3 is 0 Å². The second-order valence-electron chi connectivity index (χ2n) is 3.58. The summed E-state index contributed by atoms with van der Waals surface area (Å²) >= 11 is 0. The molecule has 0 saturated carbocycles. The molecule has 0 radical (unpaired) electrons. The highest BCUT2D eigenvalue weighted by Gasteiger charge is 2.07. The average Bonchev–Trinajstić information content (AvgIpc) is 2.61. The second kappa shape index (κ2) is 3.68. The molecule has 0 spiro atoms. The van der Waals surface area contributed by atoms with E-state index >= 15 is 0 Å². The number of nitrogens with zero attached hydrogens (tertiary/aromatic N) is 3. The zero-order valence-electron chi connectivity index (χ0n) is 8.64. The average molecular weight is 204 g/mol. The standard InChI is InChI=1S/C10H12N4O/c1-7(2)14-10-8(4-13-14)3-9(5-11-10)12-6-15/h3-7H,1-2H3,(H,12,15). The molecule has 2 aromatic rings. The number of carbonyl (C=O) groups is 1. The first kappa shape index (κ1) is 9.64. The van der Waals surface area contributed by atoms with Gasteiger partial charge in [-0.3, -0.25) is 4.79 Å². The highest BCUT2D eigenvalue weighted by Crippen LogP contribution is 2.18. The van der Waals surface area contributed by atoms with Crippen molar-refractivity contribution in [2.24, 2.45) is 0 Å². The van der Waals surface area contributed by atoms with Gasteiger partial charge in [0.25, 0.3) is 0 Å². The summed E-state index contributed by atoms with van der Waals surface area (Å²) in [6.07, 6.45) is 4.01. The molecule has 78 valence electrons. The smallest absolute Gasteiger partial charge is 0.211 e. The van der Waals surface area contributed by atoms with E-state index in [4.69, 9.17) is 0 Å². The third kappa shape index (κ3) is 1.68. The zero-order chi connectivity index (χ0) is 10.8. The van der Waals surface area contributed by atoms with Crippen LogP contribution in [-0.4, -0.2) is 21.2 Å². The van der Waals surface area contributed by atoms with Gasteiger partial charge in [0, 0.05) is 11.4 Å². The van der Waals surface area contributed by atoms with Crippen LogP contribution >= 0.6 is 0 Å². The Kier molecular flexibility index (Phi) is 2.37. The van der Waals surface area contributed by atoms with Crippen LogP contribution in [0, 0.1) is 0 Å². The molecule has 2 heterocycles. The molecule has 1 amide bonds. The highest BCUT2D eigenvalue weighted by molar-refractivity contribution is 5.81. The zero-order valence-corrected chi connectivity index (χ0v) is 8.64. The monoisotopic (exact) mass is 204 g/mol. The van der Waals surface area contributed by atoms with Crippen LogP contribution in [0.1, 0.15) is 19.9 Å². The predicted octanol–water partition coefficient (Wildman–Crippen LogP) is 1.58. The lowest BCUT2D eigenvalue weighted by molar-refractivity contribution is -0.105. The number of fused-ring (bicyclic) bond motifs is 1. The van der Waals surface area contributed by atoms with Crippen molar-refractivity contribution >= 4 is 23.1 Å². The molecule has 0 aliphatic carbocycles. The summed E-state index contributed by atoms with van der Waals surface area (Å²) in [6, 6.07) is 2.13. The molecule has 0 unspecified atom stereocenters. The van der Waals surface area contributed by atoms with E-state index < -0.39 is 0 Å². The quantitative estimate of drug-likeness (QED) is 0.772. The molecular weight excluding hydrogens is 192 g/mol. The summed E-state index contributed by atoms with van der Waals surface area (Å²) in [5.41, 5.74) is 1.52. The fourth-order valence-corrected chi connectivity index (χ4v) is 1.46. The van der Waals surface area contributed by atoms with Gasteiger partial charge in [-0.1, -0.05) is 0 Å². The van der Waals surface area contributed by atoms with Gasteiger partial charge in [0.05, 0.1) is 18.1 Å². The molecule has 0 bridgehead atoms. The molecule has 0 aliphatic rings. The molecule has 0 aliphatic heterocycles. The molecule has 5 heteroatoms. The van der Waals surface area contributed by atoms with Crippen LogP contribution in [0.15, 0.2) is 18.5 Å². The Bertz CT molecular complexity index is 489. The minimum Gasteiger partial charge on any atom is -0.327 e. The van der Waals surface area contributed by atoms with Crippen LogP contribution in [-0.2, 0) is 4.79 Å². The minimum absolute atomic E-state index is 0.278. The number of rotatable bonds is 3. The Hall–Kier alpha value is -1.91. The van der Waals surface area contributed by atoms with Gasteiger partial charge in [0.15, 0.2) is 5.65 Å². The van der Waals surface area contributed by atoms with Crippen LogP contribution in [0.5, 0.6) is 0 Å². The molecule has 2 rings (SSSR count). The first-order valence-corrected chi connectivity index (χ1v) is 4.76. The Morgan fingerprint density at radius 3 is 2.93 bits per heavy atom. The molecule has 0 fully saturated rings. The van der Waals surface area contributed by atoms with Crippen molar-refractivity contribution in [1.82, 2.24) is 14.8 Å². The molecule has 2 aromatic heterocycles. The molecule has 1 N–H and O–H groups in total. The molecular formula is C10H12N4O. The number of carbonyl (C=O) groups excluding carboxylic acids is 1. The van der Waals surface area contributed by atoms with Crippen molar-refractivity contribution < 1.29 is 4.79 Å². The lowest BCUT2D eigenvalue weighted by Gasteiger charge is -2.06. The molecule has 5 nitrogen and oxygen atoms in total. The van der Waals surface area contributed by atoms with Crippen molar-refractivity contribution in [3.8, 4) is 0 Å². The summed E-state index contributed by atoms with van der Waals surface area (Å²) in [5.74, 6) is 0. The third-order valence-electron chi connectivity index (χ3n) is 2.15. The topological polar surface area (TPSA) is 59.8 Å². The molecule has 0 aromatic carbocycles. The fourth-order valence-electron chi connectivity index (χ4n) is 1.46. The summed E-state index contributed by atoms with van der Waals surface area (Å²) in [5, 5.41) is 7.72. The van der Waals surface area contributed by atoms with Crippen LogP contribution in [0.3, 0.4) is 0 Å². The molecule has 0 atom stereocenters. The second-order valence-corrected chi connectivity index (χ2v) is 3.58. The van der Waals surface area contributed by atoms with E-state index in [1.54, 1.807) is 12.4 Å². The van der Waals surface area contributed by atoms with Gasteiger partial charge in [-0.15, -0.1) is 0 Å². The van der Waals surface area contributed by atoms with Crippen molar-refractivity contribution in [1.29, 1.82) is 0 Å². The van der Waals surface area contributed by atoms with Crippen molar-refractivity contribution in [3.63, 3.8) is 0 Å². The largest absolute Gasteiger partial charge is 0.327 e. The summed E-state index contributed by atoms with van der Waals surface area (Å²) in [6.45, 7) is 4.09. The van der Waals surface area contributed by atoms with Crippen LogP contribution in [0.25, 0.3) is 11.0 Å². The lowest BCUT2D eigenvalue weighted by Crippen LogP contribution is -2.03. The van der Waals surface area contributed by atoms with E-state index in [9.17, 15) is 4.79 Å². The number of hydrogen-bond acceptors (Lipinski definition) is 3. The maximum absolute atomic E-state index is 10.3. The van der Waals surface area contributed by atoms with Crippen LogP contribution in [0.4, 0.5) is 5.69 Å². The molecule has 15 heavy (non-hydrogen) atoms. The third-order valence-corrected chi connectivity index (χ3v) is 2.15. The van der Waals surface area contributed by atoms with Crippen molar-refractivity contribution in [2.45, 2.75) is 19.9 Å². The van der Waals surface area contributed by atoms with E-state index in [-0.39, 0.29) is 6.04 Å². The van der Waals surface area contributed by atoms with E-state index in [0.717, 1.165) is 11.0 Å². The number of pyridine rings is 1. The predicted molar refractivity (Wildman–Crippen MR) is 57.6 cm³/mol. The van der Waals surface area contributed by atoms with Gasteiger partial charge < -0.3 is 5.32 Å². The SMILES string of the molecule is CC(C)n1ncc2cc(NC=O)cnc21. The summed E-state index contributed by atoms with van der Waals surface area (Å²) < 4.78 is 1.85. The molecule has 0 saturated heterocycles. The van der Waals surface area contributed by atoms with Gasteiger partial charge in [0.2, 0.25) is 6.41 Å². The Morgan fingerprint density at radius 2 is 2.27 bits per heavy atom. The first-order valence-electron chi connectivity index (χ1n) is 4.76. The van der Waals surface area contributed by atoms with E-state index in [1.807, 2.05) is 24.6 Å². The van der Waals surface area contributed by atoms with Gasteiger partial charge in [-0.25, -0.2) is 9.67 Å². The highest BCUT2D eigenvalue weighted by atomic mass is 16.1. The van der Waals surface area contributed by atoms with Crippen molar-refractivity contribution in [3.05, 3.63) is 18.5 Å². The van der Waals surface area contributed by atoms with Gasteiger partial charge in [-0.2, -0.15) is 5.10 Å². The lowest BCUT2D eigenvalue weighted by atomic mass is 10.3. The Balaban J connectivity index is 2.51. The number of hydrogen-bond donors (Lipinski definition) is 1. The van der Waals surface area contributed by atoms with Crippen LogP contribution < -0.4 is 5.32 Å². The number of aromatic nitrogens is 3. The Morgan fingerprint density at radius 1 is 1.47 bits per heavy atom. The number of nitrogens with one attached hydrogen (secondary N) is 1. The van der Waals surface area contributed by atoms with E-state index in [2.05, 4.69) is 15.4 Å². The van der Waals surface area contributed by atoms with Crippen molar-refractivity contribution in [2.75, 3.05) is 5.32 Å². The van der Waals surface area contributed by atoms with Crippen LogP contribution in [0.2, 0.25) is 0 Å². The van der Waals surface area contributed by atoms with Gasteiger partial charge in [0.1, 0.15) is 0 Å². The van der Waals surface area contributed by atoms with E-state index in [1.165, 1.54) is 0 Å². The minimum atomic E-state index is 0.278.